The molecule has 0 aromatic carbocycles. The van der Waals surface area contributed by atoms with Crippen LogP contribution in [0, 0.1) is 20.8 Å². The highest BCUT2D eigenvalue weighted by Gasteiger charge is 2.35. The van der Waals surface area contributed by atoms with Crippen LogP contribution < -0.4 is 5.56 Å². The third-order valence-electron chi connectivity index (χ3n) is 4.39. The number of nitrogens with one attached hydrogen (secondary N) is 1. The summed E-state index contributed by atoms with van der Waals surface area (Å²) in [5, 5.41) is 4.40. The van der Waals surface area contributed by atoms with Crippen LogP contribution >= 0.6 is 0 Å². The molecule has 1 N–H and O–H groups in total. The van der Waals surface area contributed by atoms with Gasteiger partial charge < -0.3 is 9.88 Å². The maximum atomic E-state index is 12.8. The summed E-state index contributed by atoms with van der Waals surface area (Å²) in [5.41, 5.74) is 2.72. The lowest BCUT2D eigenvalue weighted by Crippen LogP contribution is -2.36. The van der Waals surface area contributed by atoms with E-state index >= 15 is 0 Å². The molecule has 122 valence electrons. The van der Waals surface area contributed by atoms with Crippen molar-refractivity contribution in [1.82, 2.24) is 24.6 Å². The molecule has 0 aliphatic heterocycles. The molecule has 2 aromatic heterocycles. The summed E-state index contributed by atoms with van der Waals surface area (Å²) in [7, 11) is 1.89. The summed E-state index contributed by atoms with van der Waals surface area (Å²) in [6.07, 6.45) is 3.32. The van der Waals surface area contributed by atoms with Crippen molar-refractivity contribution in [3.63, 3.8) is 0 Å². The molecule has 2 aromatic rings. The van der Waals surface area contributed by atoms with E-state index in [2.05, 4.69) is 15.1 Å². The van der Waals surface area contributed by atoms with Crippen LogP contribution in [0.1, 0.15) is 46.0 Å². The molecule has 23 heavy (non-hydrogen) atoms. The zero-order valence-corrected chi connectivity index (χ0v) is 13.9. The molecular formula is C16H21N5O2. The van der Waals surface area contributed by atoms with E-state index in [0.29, 0.717) is 12.4 Å². The van der Waals surface area contributed by atoms with Gasteiger partial charge in [-0.3, -0.25) is 14.3 Å². The number of amides is 1. The standard InChI is InChI=1S/C16H21N5O2/c1-9-14(10(2)20(4)19-9)8-21(12-5-6-12)16(23)13-7-17-11(3)18-15(13)22/h7,12H,5-6,8H2,1-4H3,(H,17,18,22). The van der Waals surface area contributed by atoms with Crippen LogP contribution in [0.15, 0.2) is 11.0 Å². The third-order valence-corrected chi connectivity index (χ3v) is 4.39. The van der Waals surface area contributed by atoms with Crippen LogP contribution in [0.3, 0.4) is 0 Å². The minimum Gasteiger partial charge on any atom is -0.331 e. The smallest absolute Gasteiger partial charge is 0.263 e. The highest BCUT2D eigenvalue weighted by Crippen LogP contribution is 2.30. The van der Waals surface area contributed by atoms with Crippen LogP contribution in [0.4, 0.5) is 0 Å². The van der Waals surface area contributed by atoms with Crippen molar-refractivity contribution in [2.24, 2.45) is 7.05 Å². The van der Waals surface area contributed by atoms with E-state index in [1.54, 1.807) is 11.8 Å². The molecule has 0 radical (unpaired) electrons. The Balaban J connectivity index is 1.93. The first-order valence-corrected chi connectivity index (χ1v) is 7.74. The maximum Gasteiger partial charge on any atom is 0.263 e. The van der Waals surface area contributed by atoms with Gasteiger partial charge in [-0.25, -0.2) is 4.98 Å². The molecule has 1 fully saturated rings. The Labute approximate surface area is 134 Å². The molecule has 1 amide bonds. The van der Waals surface area contributed by atoms with Crippen molar-refractivity contribution >= 4 is 5.91 Å². The number of hydrogen-bond acceptors (Lipinski definition) is 4. The van der Waals surface area contributed by atoms with E-state index < -0.39 is 0 Å². The lowest BCUT2D eigenvalue weighted by atomic mass is 10.1. The lowest BCUT2D eigenvalue weighted by Gasteiger charge is -2.22. The fourth-order valence-electron chi connectivity index (χ4n) is 2.76. The maximum absolute atomic E-state index is 12.8. The quantitative estimate of drug-likeness (QED) is 0.920. The minimum atomic E-state index is -0.382. The zero-order chi connectivity index (χ0) is 16.7. The van der Waals surface area contributed by atoms with E-state index in [4.69, 9.17) is 0 Å². The second kappa shape index (κ2) is 5.64. The zero-order valence-electron chi connectivity index (χ0n) is 13.9. The van der Waals surface area contributed by atoms with Gasteiger partial charge in [0, 0.05) is 37.1 Å². The average molecular weight is 315 g/mol. The highest BCUT2D eigenvalue weighted by molar-refractivity contribution is 5.94. The number of carbonyl (C=O) groups is 1. The van der Waals surface area contributed by atoms with Gasteiger partial charge in [-0.1, -0.05) is 0 Å². The second-order valence-corrected chi connectivity index (χ2v) is 6.15. The first-order chi connectivity index (χ1) is 10.9. The van der Waals surface area contributed by atoms with Gasteiger partial charge in [-0.05, 0) is 33.6 Å². The van der Waals surface area contributed by atoms with Crippen molar-refractivity contribution in [1.29, 1.82) is 0 Å². The molecule has 0 spiro atoms. The minimum absolute atomic E-state index is 0.0988. The van der Waals surface area contributed by atoms with Gasteiger partial charge in [-0.15, -0.1) is 0 Å². The molecular weight excluding hydrogens is 294 g/mol. The molecule has 2 heterocycles. The van der Waals surface area contributed by atoms with Gasteiger partial charge in [0.05, 0.1) is 5.69 Å². The Hall–Kier alpha value is -2.44. The van der Waals surface area contributed by atoms with Gasteiger partial charge in [0.25, 0.3) is 11.5 Å². The van der Waals surface area contributed by atoms with Crippen molar-refractivity contribution in [3.05, 3.63) is 44.9 Å². The van der Waals surface area contributed by atoms with E-state index in [1.807, 2.05) is 25.6 Å². The van der Waals surface area contributed by atoms with E-state index in [1.165, 1.54) is 6.20 Å². The second-order valence-electron chi connectivity index (χ2n) is 6.15. The fourth-order valence-corrected chi connectivity index (χ4v) is 2.76. The highest BCUT2D eigenvalue weighted by atomic mass is 16.2. The molecule has 0 saturated heterocycles. The van der Waals surface area contributed by atoms with E-state index in [9.17, 15) is 9.59 Å². The molecule has 1 saturated carbocycles. The topological polar surface area (TPSA) is 83.9 Å². The van der Waals surface area contributed by atoms with Crippen molar-refractivity contribution in [2.75, 3.05) is 0 Å². The molecule has 0 atom stereocenters. The van der Waals surface area contributed by atoms with Gasteiger partial charge in [0.1, 0.15) is 11.4 Å². The summed E-state index contributed by atoms with van der Waals surface area (Å²) in [6.45, 7) is 6.10. The van der Waals surface area contributed by atoms with Crippen molar-refractivity contribution < 1.29 is 4.79 Å². The molecule has 3 rings (SSSR count). The van der Waals surface area contributed by atoms with Crippen LogP contribution in [-0.2, 0) is 13.6 Å². The number of aromatic nitrogens is 4. The largest absolute Gasteiger partial charge is 0.331 e. The summed E-state index contributed by atoms with van der Waals surface area (Å²) < 4.78 is 1.82. The Morgan fingerprint density at radius 1 is 1.39 bits per heavy atom. The Morgan fingerprint density at radius 3 is 2.61 bits per heavy atom. The average Bonchev–Trinajstić information content (AvgIpc) is 3.27. The van der Waals surface area contributed by atoms with Gasteiger partial charge >= 0.3 is 0 Å². The number of hydrogen-bond donors (Lipinski definition) is 1. The summed E-state index contributed by atoms with van der Waals surface area (Å²) in [6, 6.07) is 0.196. The number of aromatic amines is 1. The molecule has 7 heteroatoms. The first-order valence-electron chi connectivity index (χ1n) is 7.74. The van der Waals surface area contributed by atoms with Gasteiger partial charge in [0.15, 0.2) is 0 Å². The van der Waals surface area contributed by atoms with Crippen molar-refractivity contribution in [3.8, 4) is 0 Å². The molecule has 0 unspecified atom stereocenters. The van der Waals surface area contributed by atoms with Crippen molar-refractivity contribution in [2.45, 2.75) is 46.2 Å². The Morgan fingerprint density at radius 2 is 2.09 bits per heavy atom. The lowest BCUT2D eigenvalue weighted by molar-refractivity contribution is 0.0727. The number of H-pyrrole nitrogens is 1. The molecule has 1 aliphatic carbocycles. The summed E-state index contributed by atoms with van der Waals surface area (Å²) in [4.78, 5) is 33.3. The number of rotatable bonds is 4. The molecule has 1 aliphatic rings. The third kappa shape index (κ3) is 2.91. The van der Waals surface area contributed by atoms with Crippen LogP contribution in [0.5, 0.6) is 0 Å². The fraction of sp³-hybridized carbons (Fsp3) is 0.500. The van der Waals surface area contributed by atoms with Crippen LogP contribution in [-0.4, -0.2) is 36.6 Å². The molecule has 7 nitrogen and oxygen atoms in total. The summed E-state index contributed by atoms with van der Waals surface area (Å²) in [5.74, 6) is 0.243. The van der Waals surface area contributed by atoms with Crippen LogP contribution in [0.2, 0.25) is 0 Å². The predicted octanol–water partition coefficient (Wildman–Crippen LogP) is 1.23. The van der Waals surface area contributed by atoms with E-state index in [-0.39, 0.29) is 23.1 Å². The Kier molecular flexibility index (Phi) is 3.79. The van der Waals surface area contributed by atoms with E-state index in [0.717, 1.165) is 29.8 Å². The monoisotopic (exact) mass is 315 g/mol. The van der Waals surface area contributed by atoms with Crippen LogP contribution in [0.25, 0.3) is 0 Å². The van der Waals surface area contributed by atoms with Gasteiger partial charge in [0.2, 0.25) is 0 Å². The number of nitrogens with zero attached hydrogens (tertiary/aromatic N) is 4. The normalized spacial score (nSPS) is 14.1. The SMILES string of the molecule is Cc1ncc(C(=O)N(Cc2c(C)nn(C)c2C)C2CC2)c(=O)[nH]1. The summed E-state index contributed by atoms with van der Waals surface area (Å²) >= 11 is 0. The number of carbonyl (C=O) groups excluding carboxylic acids is 1. The first kappa shape index (κ1) is 15.5. The number of aryl methyl sites for hydroxylation is 3. The Bertz CT molecular complexity index is 816. The molecule has 0 bridgehead atoms. The van der Waals surface area contributed by atoms with Gasteiger partial charge in [-0.2, -0.15) is 5.10 Å². The predicted molar refractivity (Wildman–Crippen MR) is 85.2 cm³/mol.